The Bertz CT molecular complexity index is 309. The second kappa shape index (κ2) is 2.73. The molecule has 0 aromatic rings. The summed E-state index contributed by atoms with van der Waals surface area (Å²) in [7, 11) is 0. The average molecular weight is 192 g/mol. The molecule has 78 valence electrons. The van der Waals surface area contributed by atoms with Crippen molar-refractivity contribution in [3.05, 3.63) is 5.57 Å². The van der Waals surface area contributed by atoms with Crippen LogP contribution in [-0.2, 0) is 4.79 Å². The van der Waals surface area contributed by atoms with E-state index in [1.54, 1.807) is 0 Å². The van der Waals surface area contributed by atoms with Gasteiger partial charge in [-0.25, -0.2) is 4.79 Å². The molecule has 3 saturated carbocycles. The number of carbonyl (C=O) groups excluding carboxylic acids is 1. The van der Waals surface area contributed by atoms with Crippen LogP contribution in [0.5, 0.6) is 0 Å². The lowest BCUT2D eigenvalue weighted by atomic mass is 9.35. The summed E-state index contributed by atoms with van der Waals surface area (Å²) in [6, 6.07) is 0. The van der Waals surface area contributed by atoms with Crippen molar-refractivity contribution in [2.75, 3.05) is 0 Å². The van der Waals surface area contributed by atoms with E-state index < -0.39 is 0 Å². The summed E-state index contributed by atoms with van der Waals surface area (Å²) in [5.41, 5.74) is 1.47. The molecule has 0 saturated heterocycles. The summed E-state index contributed by atoms with van der Waals surface area (Å²) >= 11 is 0. The smallest absolute Gasteiger partial charge is 0.123 e. The largest absolute Gasteiger partial charge is 0.234 e. The molecule has 3 aliphatic rings. The van der Waals surface area contributed by atoms with Gasteiger partial charge in [-0.3, -0.25) is 0 Å². The molecule has 3 rings (SSSR count). The molecule has 2 bridgehead atoms. The van der Waals surface area contributed by atoms with Gasteiger partial charge in [-0.15, -0.1) is 0 Å². The maximum Gasteiger partial charge on any atom is 0.123 e. The number of hydrogen-bond acceptors (Lipinski definition) is 1. The maximum atomic E-state index is 10.9. The van der Waals surface area contributed by atoms with Gasteiger partial charge in [0.15, 0.2) is 0 Å². The van der Waals surface area contributed by atoms with Crippen molar-refractivity contribution in [3.8, 4) is 0 Å². The third-order valence-corrected chi connectivity index (χ3v) is 5.35. The summed E-state index contributed by atoms with van der Waals surface area (Å²) in [5, 5.41) is 0. The SMILES string of the molecule is CC(=C=O)C12CC(CCC1C)C2(C)C. The number of allylic oxidation sites excluding steroid dienone is 1. The van der Waals surface area contributed by atoms with E-state index in [1.165, 1.54) is 19.3 Å². The van der Waals surface area contributed by atoms with Gasteiger partial charge in [-0.1, -0.05) is 20.8 Å². The first-order valence-corrected chi connectivity index (χ1v) is 5.69. The van der Waals surface area contributed by atoms with Gasteiger partial charge in [-0.05, 0) is 43.4 Å². The molecular formula is C13H20O. The Hall–Kier alpha value is -0.550. The fourth-order valence-corrected chi connectivity index (χ4v) is 4.23. The molecule has 0 heterocycles. The molecular weight excluding hydrogens is 172 g/mol. The summed E-state index contributed by atoms with van der Waals surface area (Å²) < 4.78 is 0. The zero-order chi connectivity index (χ0) is 10.6. The minimum Gasteiger partial charge on any atom is -0.234 e. The highest BCUT2D eigenvalue weighted by molar-refractivity contribution is 5.56. The Labute approximate surface area is 86.6 Å². The van der Waals surface area contributed by atoms with Crippen molar-refractivity contribution in [1.82, 2.24) is 0 Å². The van der Waals surface area contributed by atoms with Gasteiger partial charge in [-0.2, -0.15) is 0 Å². The van der Waals surface area contributed by atoms with Crippen molar-refractivity contribution in [2.24, 2.45) is 22.7 Å². The number of fused-ring (bicyclic) bond motifs is 2. The van der Waals surface area contributed by atoms with E-state index >= 15 is 0 Å². The molecule has 1 nitrogen and oxygen atoms in total. The van der Waals surface area contributed by atoms with Gasteiger partial charge in [0.25, 0.3) is 0 Å². The summed E-state index contributed by atoms with van der Waals surface area (Å²) in [5.74, 6) is 3.66. The van der Waals surface area contributed by atoms with E-state index in [0.29, 0.717) is 11.3 Å². The van der Waals surface area contributed by atoms with Crippen LogP contribution < -0.4 is 0 Å². The van der Waals surface area contributed by atoms with Gasteiger partial charge in [0, 0.05) is 11.0 Å². The molecule has 3 fully saturated rings. The van der Waals surface area contributed by atoms with E-state index in [-0.39, 0.29) is 5.41 Å². The predicted octanol–water partition coefficient (Wildman–Crippen LogP) is 3.23. The van der Waals surface area contributed by atoms with E-state index in [4.69, 9.17) is 0 Å². The lowest BCUT2D eigenvalue weighted by Gasteiger charge is -2.68. The highest BCUT2D eigenvalue weighted by atomic mass is 16.1. The van der Waals surface area contributed by atoms with Crippen LogP contribution in [0.25, 0.3) is 0 Å². The Morgan fingerprint density at radius 1 is 1.36 bits per heavy atom. The molecule has 0 aromatic carbocycles. The molecule has 0 radical (unpaired) electrons. The van der Waals surface area contributed by atoms with Gasteiger partial charge in [0.2, 0.25) is 0 Å². The first kappa shape index (κ1) is 9.98. The molecule has 0 aliphatic heterocycles. The van der Waals surface area contributed by atoms with E-state index in [0.717, 1.165) is 11.5 Å². The van der Waals surface area contributed by atoms with Crippen molar-refractivity contribution >= 4 is 5.94 Å². The van der Waals surface area contributed by atoms with Crippen molar-refractivity contribution < 1.29 is 4.79 Å². The first-order valence-electron chi connectivity index (χ1n) is 5.69. The van der Waals surface area contributed by atoms with Crippen molar-refractivity contribution in [2.45, 2.75) is 47.0 Å². The maximum absolute atomic E-state index is 10.9. The van der Waals surface area contributed by atoms with Crippen LogP contribution in [-0.4, -0.2) is 5.94 Å². The number of rotatable bonds is 1. The highest BCUT2D eigenvalue weighted by Gasteiger charge is 2.65. The Morgan fingerprint density at radius 2 is 2.00 bits per heavy atom. The minimum atomic E-state index is 0.178. The molecule has 3 atom stereocenters. The molecule has 14 heavy (non-hydrogen) atoms. The summed E-state index contributed by atoms with van der Waals surface area (Å²) in [4.78, 5) is 10.9. The lowest BCUT2D eigenvalue weighted by molar-refractivity contribution is -0.167. The predicted molar refractivity (Wildman–Crippen MR) is 57.6 cm³/mol. The third-order valence-electron chi connectivity index (χ3n) is 5.35. The van der Waals surface area contributed by atoms with Crippen LogP contribution in [0.15, 0.2) is 5.57 Å². The second-order valence-corrected chi connectivity index (χ2v) is 5.80. The molecule has 0 amide bonds. The zero-order valence-electron chi connectivity index (χ0n) is 9.68. The summed E-state index contributed by atoms with van der Waals surface area (Å²) in [6.45, 7) is 8.94. The lowest BCUT2D eigenvalue weighted by Crippen LogP contribution is -2.62. The first-order chi connectivity index (χ1) is 6.46. The minimum absolute atomic E-state index is 0.178. The van der Waals surface area contributed by atoms with E-state index in [2.05, 4.69) is 26.7 Å². The molecule has 3 unspecified atom stereocenters. The van der Waals surface area contributed by atoms with Crippen molar-refractivity contribution in [1.29, 1.82) is 0 Å². The standard InChI is InChI=1S/C13H20O/c1-9-5-6-11-7-13(9,10(2)8-14)12(11,3)4/h9,11H,5-7H2,1-4H3. The second-order valence-electron chi connectivity index (χ2n) is 5.80. The molecule has 0 spiro atoms. The summed E-state index contributed by atoms with van der Waals surface area (Å²) in [6.07, 6.45) is 3.86. The van der Waals surface area contributed by atoms with E-state index in [1.807, 2.05) is 6.92 Å². The van der Waals surface area contributed by atoms with Crippen LogP contribution in [0.4, 0.5) is 0 Å². The van der Waals surface area contributed by atoms with Gasteiger partial charge in [0.1, 0.15) is 5.94 Å². The molecule has 0 N–H and O–H groups in total. The average Bonchev–Trinajstić information content (AvgIpc) is 2.16. The molecule has 3 aliphatic carbocycles. The zero-order valence-corrected chi connectivity index (χ0v) is 9.68. The quantitative estimate of drug-likeness (QED) is 0.583. The number of hydrogen-bond donors (Lipinski definition) is 0. The van der Waals surface area contributed by atoms with Crippen LogP contribution >= 0.6 is 0 Å². The van der Waals surface area contributed by atoms with Crippen LogP contribution in [0.1, 0.15) is 47.0 Å². The Balaban J connectivity index is 2.46. The fourth-order valence-electron chi connectivity index (χ4n) is 4.23. The van der Waals surface area contributed by atoms with Crippen molar-refractivity contribution in [3.63, 3.8) is 0 Å². The van der Waals surface area contributed by atoms with Crippen LogP contribution in [0, 0.1) is 22.7 Å². The molecule has 0 aromatic heterocycles. The monoisotopic (exact) mass is 192 g/mol. The third kappa shape index (κ3) is 0.846. The van der Waals surface area contributed by atoms with E-state index in [9.17, 15) is 4.79 Å². The van der Waals surface area contributed by atoms with Crippen LogP contribution in [0.3, 0.4) is 0 Å². The topological polar surface area (TPSA) is 17.1 Å². The Kier molecular flexibility index (Phi) is 1.95. The molecule has 1 heteroatoms. The normalized spacial score (nSPS) is 43.7. The van der Waals surface area contributed by atoms with Gasteiger partial charge in [0.05, 0.1) is 0 Å². The fraction of sp³-hybridized carbons (Fsp3) is 0.846. The van der Waals surface area contributed by atoms with Gasteiger partial charge < -0.3 is 0 Å². The highest BCUT2D eigenvalue weighted by Crippen LogP contribution is 2.72. The Morgan fingerprint density at radius 3 is 2.43 bits per heavy atom. The van der Waals surface area contributed by atoms with Crippen LogP contribution in [0.2, 0.25) is 0 Å². The van der Waals surface area contributed by atoms with Gasteiger partial charge >= 0.3 is 0 Å².